The molecule has 1 amide bonds. The number of aromatic hydroxyl groups is 3. The molecule has 0 saturated heterocycles. The summed E-state index contributed by atoms with van der Waals surface area (Å²) in [5.41, 5.74) is 1.62. The summed E-state index contributed by atoms with van der Waals surface area (Å²) in [5.74, 6) is -0.245. The number of carbonyl (C=O) groups is 2. The van der Waals surface area contributed by atoms with Crippen LogP contribution in [0.5, 0.6) is 28.7 Å². The van der Waals surface area contributed by atoms with Crippen molar-refractivity contribution in [1.82, 2.24) is 5.32 Å². The Bertz CT molecular complexity index is 1520. The molecule has 0 aliphatic carbocycles. The third kappa shape index (κ3) is 3.61. The molecule has 2 aliphatic rings. The van der Waals surface area contributed by atoms with Gasteiger partial charge in [0.1, 0.15) is 28.7 Å². The van der Waals surface area contributed by atoms with Crippen LogP contribution in [0.2, 0.25) is 0 Å². The van der Waals surface area contributed by atoms with Gasteiger partial charge in [0.15, 0.2) is 5.60 Å². The standard InChI is InChI=1S/C29H21NO7/c31-18-4-1-16(2-5-18)11-12-30-27(34)17-3-8-21-24(13-17)29(37-28(21)35)22-9-6-19(32)14-25(22)36-26-15-20(33)7-10-23(26)29/h1-10,13-15,31-33H,11-12H2,(H,30,34). The van der Waals surface area contributed by atoms with Gasteiger partial charge >= 0.3 is 5.97 Å². The highest BCUT2D eigenvalue weighted by molar-refractivity contribution is 6.00. The number of fused-ring (bicyclic) bond motifs is 6. The lowest BCUT2D eigenvalue weighted by Gasteiger charge is -2.36. The first kappa shape index (κ1) is 22.5. The normalized spacial score (nSPS) is 14.2. The molecule has 0 bridgehead atoms. The van der Waals surface area contributed by atoms with Gasteiger partial charge in [0.05, 0.1) is 5.56 Å². The third-order valence-corrected chi connectivity index (χ3v) is 6.67. The van der Waals surface area contributed by atoms with Gasteiger partial charge in [-0.05, 0) is 66.6 Å². The van der Waals surface area contributed by atoms with Crippen LogP contribution in [0.1, 0.15) is 43.0 Å². The topological polar surface area (TPSA) is 125 Å². The molecular formula is C29H21NO7. The van der Waals surface area contributed by atoms with Crippen molar-refractivity contribution in [3.63, 3.8) is 0 Å². The molecule has 4 aromatic carbocycles. The van der Waals surface area contributed by atoms with Gasteiger partial charge in [-0.25, -0.2) is 4.79 Å². The van der Waals surface area contributed by atoms with Crippen molar-refractivity contribution in [3.8, 4) is 28.7 Å². The van der Waals surface area contributed by atoms with Gasteiger partial charge in [0, 0.05) is 40.9 Å². The van der Waals surface area contributed by atoms with Crippen LogP contribution >= 0.6 is 0 Å². The Morgan fingerprint density at radius 2 is 1.38 bits per heavy atom. The van der Waals surface area contributed by atoms with E-state index in [-0.39, 0.29) is 34.7 Å². The number of ether oxygens (including phenoxy) is 2. The molecule has 184 valence electrons. The van der Waals surface area contributed by atoms with Crippen molar-refractivity contribution >= 4 is 11.9 Å². The highest BCUT2D eigenvalue weighted by Gasteiger charge is 2.53. The number of rotatable bonds is 4. The minimum Gasteiger partial charge on any atom is -0.508 e. The molecule has 0 aromatic heterocycles. The zero-order valence-corrected chi connectivity index (χ0v) is 19.4. The molecule has 2 heterocycles. The van der Waals surface area contributed by atoms with E-state index in [1.807, 2.05) is 0 Å². The SMILES string of the molecule is O=C(NCCc1ccc(O)cc1)c1ccc2c(c1)C1(OC2=O)c2ccc(O)cc2Oc2cc(O)ccc21. The number of carbonyl (C=O) groups excluding carboxylic acids is 2. The summed E-state index contributed by atoms with van der Waals surface area (Å²) >= 11 is 0. The summed E-state index contributed by atoms with van der Waals surface area (Å²) in [4.78, 5) is 26.1. The quantitative estimate of drug-likeness (QED) is 0.310. The van der Waals surface area contributed by atoms with Crippen molar-refractivity contribution < 1.29 is 34.4 Å². The first-order chi connectivity index (χ1) is 17.8. The highest BCUT2D eigenvalue weighted by atomic mass is 16.6. The van der Waals surface area contributed by atoms with E-state index in [2.05, 4.69) is 5.32 Å². The number of phenolic OH excluding ortho intramolecular Hbond substituents is 3. The second-order valence-corrected chi connectivity index (χ2v) is 8.97. The van der Waals surface area contributed by atoms with Crippen molar-refractivity contribution in [2.75, 3.05) is 6.54 Å². The zero-order chi connectivity index (χ0) is 25.7. The van der Waals surface area contributed by atoms with E-state index in [9.17, 15) is 24.9 Å². The summed E-state index contributed by atoms with van der Waals surface area (Å²) in [7, 11) is 0. The van der Waals surface area contributed by atoms with Crippen LogP contribution in [0.25, 0.3) is 0 Å². The maximum absolute atomic E-state index is 13.1. The van der Waals surface area contributed by atoms with E-state index in [4.69, 9.17) is 9.47 Å². The summed E-state index contributed by atoms with van der Waals surface area (Å²) in [5, 5.41) is 32.4. The van der Waals surface area contributed by atoms with E-state index in [1.54, 1.807) is 54.6 Å². The number of amides is 1. The number of nitrogens with one attached hydrogen (secondary N) is 1. The highest BCUT2D eigenvalue weighted by Crippen LogP contribution is 2.57. The van der Waals surface area contributed by atoms with Gasteiger partial charge < -0.3 is 30.1 Å². The zero-order valence-electron chi connectivity index (χ0n) is 19.4. The number of hydrogen-bond acceptors (Lipinski definition) is 7. The largest absolute Gasteiger partial charge is 0.508 e. The minimum absolute atomic E-state index is 0.0381. The van der Waals surface area contributed by atoms with Crippen LogP contribution in [-0.2, 0) is 16.8 Å². The Kier molecular flexibility index (Phi) is 5.05. The predicted molar refractivity (Wildman–Crippen MR) is 132 cm³/mol. The fraction of sp³-hybridized carbons (Fsp3) is 0.103. The van der Waals surface area contributed by atoms with Crippen LogP contribution in [-0.4, -0.2) is 33.7 Å². The lowest BCUT2D eigenvalue weighted by molar-refractivity contribution is 0.0224. The molecule has 4 N–H and O–H groups in total. The average molecular weight is 495 g/mol. The first-order valence-electron chi connectivity index (χ1n) is 11.6. The molecule has 0 radical (unpaired) electrons. The van der Waals surface area contributed by atoms with Crippen LogP contribution in [0, 0.1) is 0 Å². The van der Waals surface area contributed by atoms with Crippen LogP contribution in [0.15, 0.2) is 78.9 Å². The number of esters is 1. The molecule has 6 rings (SSSR count). The maximum atomic E-state index is 13.1. The van der Waals surface area contributed by atoms with E-state index >= 15 is 0 Å². The summed E-state index contributed by atoms with van der Waals surface area (Å²) in [6.07, 6.45) is 0.577. The second kappa shape index (κ2) is 8.30. The summed E-state index contributed by atoms with van der Waals surface area (Å²) in [6, 6.07) is 20.6. The van der Waals surface area contributed by atoms with Crippen molar-refractivity contribution in [2.45, 2.75) is 12.0 Å². The molecule has 0 saturated carbocycles. The Morgan fingerprint density at radius 3 is 2.03 bits per heavy atom. The smallest absolute Gasteiger partial charge is 0.340 e. The second-order valence-electron chi connectivity index (χ2n) is 8.97. The van der Waals surface area contributed by atoms with E-state index in [1.165, 1.54) is 24.3 Å². The maximum Gasteiger partial charge on any atom is 0.340 e. The third-order valence-electron chi connectivity index (χ3n) is 6.67. The first-order valence-corrected chi connectivity index (χ1v) is 11.6. The minimum atomic E-state index is -1.43. The number of phenols is 3. The molecule has 1 spiro atoms. The summed E-state index contributed by atoms with van der Waals surface area (Å²) in [6.45, 7) is 0.374. The molecule has 0 fully saturated rings. The fourth-order valence-corrected chi connectivity index (χ4v) is 4.93. The molecule has 4 aromatic rings. The molecule has 8 nitrogen and oxygen atoms in total. The van der Waals surface area contributed by atoms with Crippen molar-refractivity contribution in [1.29, 1.82) is 0 Å². The van der Waals surface area contributed by atoms with Crippen LogP contribution in [0.3, 0.4) is 0 Å². The van der Waals surface area contributed by atoms with E-state index < -0.39 is 11.6 Å². The molecule has 2 aliphatic heterocycles. The van der Waals surface area contributed by atoms with Gasteiger partial charge in [-0.2, -0.15) is 0 Å². The predicted octanol–water partition coefficient (Wildman–Crippen LogP) is 4.34. The van der Waals surface area contributed by atoms with Gasteiger partial charge in [-0.15, -0.1) is 0 Å². The number of benzene rings is 4. The van der Waals surface area contributed by atoms with Gasteiger partial charge in [-0.1, -0.05) is 12.1 Å². The van der Waals surface area contributed by atoms with Gasteiger partial charge in [0.2, 0.25) is 0 Å². The molecule has 37 heavy (non-hydrogen) atoms. The van der Waals surface area contributed by atoms with Crippen LogP contribution in [0.4, 0.5) is 0 Å². The molecular weight excluding hydrogens is 474 g/mol. The summed E-state index contributed by atoms with van der Waals surface area (Å²) < 4.78 is 12.0. The molecule has 8 heteroatoms. The molecule has 0 unspecified atom stereocenters. The van der Waals surface area contributed by atoms with Crippen molar-refractivity contribution in [2.24, 2.45) is 0 Å². The van der Waals surface area contributed by atoms with Crippen LogP contribution < -0.4 is 10.1 Å². The lowest BCUT2D eigenvalue weighted by atomic mass is 9.77. The average Bonchev–Trinajstić information content (AvgIpc) is 3.17. The van der Waals surface area contributed by atoms with E-state index in [0.29, 0.717) is 40.8 Å². The fourth-order valence-electron chi connectivity index (χ4n) is 4.93. The Labute approximate surface area is 211 Å². The number of hydrogen-bond donors (Lipinski definition) is 4. The Morgan fingerprint density at radius 1 is 0.757 bits per heavy atom. The lowest BCUT2D eigenvalue weighted by Crippen LogP contribution is -2.33. The Hall–Kier alpha value is -4.98. The van der Waals surface area contributed by atoms with Crippen molar-refractivity contribution in [3.05, 3.63) is 112 Å². The molecule has 0 atom stereocenters. The Balaban J connectivity index is 1.39. The van der Waals surface area contributed by atoms with E-state index in [0.717, 1.165) is 5.56 Å². The van der Waals surface area contributed by atoms with Gasteiger partial charge in [-0.3, -0.25) is 4.79 Å². The van der Waals surface area contributed by atoms with Gasteiger partial charge in [0.25, 0.3) is 5.91 Å². The monoisotopic (exact) mass is 495 g/mol.